The zero-order chi connectivity index (χ0) is 23.8. The van der Waals surface area contributed by atoms with Gasteiger partial charge in [-0.25, -0.2) is 4.98 Å². The zero-order valence-electron chi connectivity index (χ0n) is 18.5. The lowest BCUT2D eigenvalue weighted by molar-refractivity contribution is 0.0917. The Bertz CT molecular complexity index is 1510. The molecule has 0 saturated carbocycles. The molecule has 5 rings (SSSR count). The average molecular weight is 468 g/mol. The van der Waals surface area contributed by atoms with Gasteiger partial charge in [-0.2, -0.15) is 10.5 Å². The maximum atomic E-state index is 13.7. The Labute approximate surface area is 200 Å². The van der Waals surface area contributed by atoms with Crippen LogP contribution in [0.4, 0.5) is 5.82 Å². The first-order valence-electron chi connectivity index (χ1n) is 11.0. The Morgan fingerprint density at radius 2 is 1.91 bits per heavy atom. The van der Waals surface area contributed by atoms with Crippen LogP contribution in [0.1, 0.15) is 46.9 Å². The molecule has 1 unspecified atom stereocenters. The number of furan rings is 1. The Hall–Kier alpha value is -4.01. The van der Waals surface area contributed by atoms with E-state index < -0.39 is 5.25 Å². The van der Waals surface area contributed by atoms with Crippen LogP contribution in [0, 0.1) is 22.7 Å². The normalized spacial score (nSPS) is 13.7. The zero-order valence-corrected chi connectivity index (χ0v) is 19.4. The van der Waals surface area contributed by atoms with Crippen molar-refractivity contribution in [2.75, 3.05) is 5.73 Å². The summed E-state index contributed by atoms with van der Waals surface area (Å²) in [5.74, 6) is 0.282. The Balaban J connectivity index is 1.58. The molecule has 3 heterocycles. The number of hydrogen-bond acceptors (Lipinski definition) is 7. The van der Waals surface area contributed by atoms with Crippen LogP contribution in [0.2, 0.25) is 0 Å². The Morgan fingerprint density at radius 3 is 2.65 bits per heavy atom. The van der Waals surface area contributed by atoms with Crippen LogP contribution in [-0.4, -0.2) is 20.7 Å². The lowest BCUT2D eigenvalue weighted by Crippen LogP contribution is -2.24. The van der Waals surface area contributed by atoms with Crippen LogP contribution in [0.15, 0.2) is 52.1 Å². The smallest absolute Gasteiger partial charge is 0.244 e. The highest BCUT2D eigenvalue weighted by Crippen LogP contribution is 2.38. The largest absolute Gasteiger partial charge is 0.464 e. The second-order valence-electron chi connectivity index (χ2n) is 8.21. The standard InChI is InChI=1S/C26H21N5O2S/c1-15(26(32)31-20-9-4-2-7-16(20)17-8-3-5-10-21(17)31)34-25-19(14-28)23(22-11-6-12-33-22)18(13-27)24(29)30-25/h2,4,6-7,9,11-12,15H,3,5,8,10H2,1H3,(H2,29,30). The van der Waals surface area contributed by atoms with Crippen molar-refractivity contribution in [2.45, 2.75) is 42.9 Å². The molecule has 0 spiro atoms. The van der Waals surface area contributed by atoms with Gasteiger partial charge in [0.15, 0.2) is 0 Å². The van der Waals surface area contributed by atoms with E-state index in [1.54, 1.807) is 19.1 Å². The van der Waals surface area contributed by atoms with E-state index >= 15 is 0 Å². The summed E-state index contributed by atoms with van der Waals surface area (Å²) in [6.45, 7) is 1.81. The molecule has 0 aliphatic heterocycles. The molecule has 0 saturated heterocycles. The first-order chi connectivity index (χ1) is 16.5. The van der Waals surface area contributed by atoms with Crippen molar-refractivity contribution < 1.29 is 9.21 Å². The first kappa shape index (κ1) is 21.8. The van der Waals surface area contributed by atoms with Gasteiger partial charge in [0.25, 0.3) is 0 Å². The fourth-order valence-electron chi connectivity index (χ4n) is 4.70. The van der Waals surface area contributed by atoms with Gasteiger partial charge in [-0.3, -0.25) is 9.36 Å². The molecule has 168 valence electrons. The predicted octanol–water partition coefficient (Wildman–Crippen LogP) is 5.32. The van der Waals surface area contributed by atoms with Gasteiger partial charge in [0, 0.05) is 11.1 Å². The molecule has 0 amide bonds. The number of para-hydroxylation sites is 1. The van der Waals surface area contributed by atoms with Gasteiger partial charge in [-0.15, -0.1) is 0 Å². The van der Waals surface area contributed by atoms with Gasteiger partial charge < -0.3 is 10.2 Å². The van der Waals surface area contributed by atoms with Gasteiger partial charge in [-0.1, -0.05) is 30.0 Å². The maximum absolute atomic E-state index is 13.7. The van der Waals surface area contributed by atoms with Gasteiger partial charge in [0.1, 0.15) is 34.3 Å². The number of nitrogens with zero attached hydrogens (tertiary/aromatic N) is 4. The third kappa shape index (κ3) is 3.44. The van der Waals surface area contributed by atoms with E-state index in [4.69, 9.17) is 10.2 Å². The number of anilines is 1. The first-order valence-corrected chi connectivity index (χ1v) is 11.9. The minimum Gasteiger partial charge on any atom is -0.464 e. The number of carbonyl (C=O) groups is 1. The second-order valence-corrected chi connectivity index (χ2v) is 9.54. The van der Waals surface area contributed by atoms with Gasteiger partial charge in [0.05, 0.1) is 28.2 Å². The molecule has 8 heteroatoms. The second kappa shape index (κ2) is 8.74. The van der Waals surface area contributed by atoms with Crippen LogP contribution < -0.4 is 5.73 Å². The SMILES string of the molecule is CC(Sc1nc(N)c(C#N)c(-c2ccco2)c1C#N)C(=O)n1c2c(c3ccccc31)CCCC2. The number of aromatic nitrogens is 2. The number of carbonyl (C=O) groups excluding carboxylic acids is 1. The monoisotopic (exact) mass is 467 g/mol. The summed E-state index contributed by atoms with van der Waals surface area (Å²) in [5.41, 5.74) is 9.89. The van der Waals surface area contributed by atoms with Crippen molar-refractivity contribution >= 4 is 34.4 Å². The van der Waals surface area contributed by atoms with Gasteiger partial charge in [-0.05, 0) is 56.4 Å². The predicted molar refractivity (Wildman–Crippen MR) is 130 cm³/mol. The molecule has 2 N–H and O–H groups in total. The molecule has 4 aromatic rings. The quantitative estimate of drug-likeness (QED) is 0.403. The summed E-state index contributed by atoms with van der Waals surface area (Å²) in [7, 11) is 0. The molecule has 0 fully saturated rings. The lowest BCUT2D eigenvalue weighted by atomic mass is 9.95. The molecule has 0 bridgehead atoms. The van der Waals surface area contributed by atoms with E-state index in [1.165, 1.54) is 23.6 Å². The third-order valence-electron chi connectivity index (χ3n) is 6.22. The highest BCUT2D eigenvalue weighted by molar-refractivity contribution is 8.00. The number of nitrogen functional groups attached to an aromatic ring is 1. The fourth-order valence-corrected chi connectivity index (χ4v) is 5.66. The molecule has 0 radical (unpaired) electrons. The van der Waals surface area contributed by atoms with Crippen LogP contribution in [0.3, 0.4) is 0 Å². The molecule has 1 aliphatic rings. The Kier molecular flexibility index (Phi) is 5.61. The number of rotatable bonds is 4. The fraction of sp³-hybridized carbons (Fsp3) is 0.231. The summed E-state index contributed by atoms with van der Waals surface area (Å²) >= 11 is 1.17. The van der Waals surface area contributed by atoms with E-state index in [-0.39, 0.29) is 22.9 Å². The summed E-state index contributed by atoms with van der Waals surface area (Å²) in [6, 6.07) is 15.5. The number of hydrogen-bond donors (Lipinski definition) is 1. The van der Waals surface area contributed by atoms with Crippen molar-refractivity contribution in [1.82, 2.24) is 9.55 Å². The molecular weight excluding hydrogens is 446 g/mol. The van der Waals surface area contributed by atoms with Crippen LogP contribution >= 0.6 is 11.8 Å². The maximum Gasteiger partial charge on any atom is 0.244 e. The van der Waals surface area contributed by atoms with Crippen LogP contribution in [0.25, 0.3) is 22.2 Å². The van der Waals surface area contributed by atoms with E-state index in [9.17, 15) is 15.3 Å². The number of pyridine rings is 1. The number of fused-ring (bicyclic) bond motifs is 3. The molecule has 1 atom stereocenters. The minimum atomic E-state index is -0.543. The van der Waals surface area contributed by atoms with Gasteiger partial charge in [0.2, 0.25) is 5.91 Å². The van der Waals surface area contributed by atoms with Gasteiger partial charge >= 0.3 is 0 Å². The number of thioether (sulfide) groups is 1. The third-order valence-corrected chi connectivity index (χ3v) is 7.29. The summed E-state index contributed by atoms with van der Waals surface area (Å²) in [4.78, 5) is 18.1. The topological polar surface area (TPSA) is 122 Å². The van der Waals surface area contributed by atoms with Crippen LogP contribution in [0.5, 0.6) is 0 Å². The number of aryl methyl sites for hydroxylation is 1. The lowest BCUT2D eigenvalue weighted by Gasteiger charge is -2.18. The average Bonchev–Trinajstić information content (AvgIpc) is 3.50. The number of benzene rings is 1. The van der Waals surface area contributed by atoms with Crippen LogP contribution in [-0.2, 0) is 12.8 Å². The van der Waals surface area contributed by atoms with Crippen molar-refractivity contribution in [2.24, 2.45) is 0 Å². The summed E-state index contributed by atoms with van der Waals surface area (Å²) in [5, 5.41) is 20.5. The minimum absolute atomic E-state index is 0.00107. The summed E-state index contributed by atoms with van der Waals surface area (Å²) in [6.07, 6.45) is 5.47. The highest BCUT2D eigenvalue weighted by Gasteiger charge is 2.29. The van der Waals surface area contributed by atoms with Crippen molar-refractivity contribution in [3.63, 3.8) is 0 Å². The van der Waals surface area contributed by atoms with Crippen molar-refractivity contribution in [3.05, 3.63) is 65.0 Å². The Morgan fingerprint density at radius 1 is 1.15 bits per heavy atom. The summed E-state index contributed by atoms with van der Waals surface area (Å²) < 4.78 is 7.31. The van der Waals surface area contributed by atoms with Crippen molar-refractivity contribution in [3.8, 4) is 23.5 Å². The molecular formula is C26H21N5O2S. The number of nitrogens with two attached hydrogens (primary N) is 1. The van der Waals surface area contributed by atoms with E-state index in [1.807, 2.05) is 28.8 Å². The van der Waals surface area contributed by atoms with Crippen molar-refractivity contribution in [1.29, 1.82) is 10.5 Å². The molecule has 7 nitrogen and oxygen atoms in total. The highest BCUT2D eigenvalue weighted by atomic mass is 32.2. The van der Waals surface area contributed by atoms with E-state index in [0.29, 0.717) is 16.3 Å². The number of nitriles is 2. The molecule has 3 aromatic heterocycles. The molecule has 1 aromatic carbocycles. The van der Waals surface area contributed by atoms with E-state index in [0.717, 1.165) is 42.3 Å². The van der Waals surface area contributed by atoms with E-state index in [2.05, 4.69) is 17.1 Å². The molecule has 1 aliphatic carbocycles. The molecule has 34 heavy (non-hydrogen) atoms.